The zero-order chi connectivity index (χ0) is 13.2. The molecule has 1 amide bonds. The second kappa shape index (κ2) is 4.87. The lowest BCUT2D eigenvalue weighted by Gasteiger charge is -2.21. The topological polar surface area (TPSA) is 54.5 Å². The second-order valence-corrected chi connectivity index (χ2v) is 6.32. The Morgan fingerprint density at radius 2 is 1.65 bits per heavy atom. The van der Waals surface area contributed by atoms with Crippen molar-refractivity contribution in [1.29, 1.82) is 0 Å². The number of hydrogen-bond donors (Lipinski definition) is 0. The molecule has 1 rings (SSSR count). The highest BCUT2D eigenvalue weighted by Crippen LogP contribution is 2.12. The number of amides is 1. The maximum Gasteiger partial charge on any atom is 0.253 e. The Morgan fingerprint density at radius 3 is 2.00 bits per heavy atom. The summed E-state index contributed by atoms with van der Waals surface area (Å²) in [6.45, 7) is 3.84. The number of rotatable bonds is 3. The van der Waals surface area contributed by atoms with Crippen molar-refractivity contribution in [3.05, 3.63) is 29.8 Å². The van der Waals surface area contributed by atoms with Gasteiger partial charge < -0.3 is 4.90 Å². The van der Waals surface area contributed by atoms with E-state index in [1.165, 1.54) is 24.3 Å². The third-order valence-corrected chi connectivity index (χ3v) is 3.75. The van der Waals surface area contributed by atoms with Crippen LogP contribution in [0.15, 0.2) is 29.2 Å². The summed E-state index contributed by atoms with van der Waals surface area (Å²) in [5.41, 5.74) is 0.494. The molecule has 4 nitrogen and oxygen atoms in total. The van der Waals surface area contributed by atoms with E-state index in [0.29, 0.717) is 5.56 Å². The highest BCUT2D eigenvalue weighted by atomic mass is 32.2. The lowest BCUT2D eigenvalue weighted by atomic mass is 10.2. The van der Waals surface area contributed by atoms with E-state index in [2.05, 4.69) is 0 Å². The Bertz CT molecular complexity index is 503. The van der Waals surface area contributed by atoms with Gasteiger partial charge in [0.2, 0.25) is 0 Å². The summed E-state index contributed by atoms with van der Waals surface area (Å²) in [5, 5.41) is 0. The van der Waals surface area contributed by atoms with Gasteiger partial charge in [0.25, 0.3) is 5.91 Å². The molecule has 0 fully saturated rings. The average Bonchev–Trinajstić information content (AvgIpc) is 2.26. The monoisotopic (exact) mass is 255 g/mol. The third kappa shape index (κ3) is 3.30. The van der Waals surface area contributed by atoms with Crippen molar-refractivity contribution in [2.75, 3.05) is 13.3 Å². The highest BCUT2D eigenvalue weighted by Gasteiger charge is 2.15. The standard InChI is InChI=1S/C12H17NO3S/c1-9(2)13(3)12(14)10-5-7-11(8-6-10)17(4,15)16/h5-9H,1-4H3. The van der Waals surface area contributed by atoms with Crippen LogP contribution in [0.3, 0.4) is 0 Å². The largest absolute Gasteiger partial charge is 0.339 e. The zero-order valence-corrected chi connectivity index (χ0v) is 11.3. The Hall–Kier alpha value is -1.36. The first kappa shape index (κ1) is 13.7. The molecular formula is C12H17NO3S. The molecule has 0 heterocycles. The summed E-state index contributed by atoms with van der Waals surface area (Å²) in [4.78, 5) is 13.8. The van der Waals surface area contributed by atoms with Crippen molar-refractivity contribution in [2.24, 2.45) is 0 Å². The van der Waals surface area contributed by atoms with Gasteiger partial charge in [-0.3, -0.25) is 4.79 Å². The van der Waals surface area contributed by atoms with Gasteiger partial charge in [0, 0.05) is 24.9 Å². The Balaban J connectivity index is 3.00. The quantitative estimate of drug-likeness (QED) is 0.823. The highest BCUT2D eigenvalue weighted by molar-refractivity contribution is 7.90. The van der Waals surface area contributed by atoms with Gasteiger partial charge in [-0.25, -0.2) is 8.42 Å². The van der Waals surface area contributed by atoms with Crippen molar-refractivity contribution in [3.63, 3.8) is 0 Å². The third-order valence-electron chi connectivity index (χ3n) is 2.62. The zero-order valence-electron chi connectivity index (χ0n) is 10.5. The van der Waals surface area contributed by atoms with Crippen LogP contribution in [0.5, 0.6) is 0 Å². The summed E-state index contributed by atoms with van der Waals surface area (Å²) >= 11 is 0. The maximum atomic E-state index is 11.9. The van der Waals surface area contributed by atoms with Crippen LogP contribution in [0, 0.1) is 0 Å². The number of hydrogen-bond acceptors (Lipinski definition) is 3. The fourth-order valence-corrected chi connectivity index (χ4v) is 1.91. The smallest absolute Gasteiger partial charge is 0.253 e. The van der Waals surface area contributed by atoms with Crippen LogP contribution in [-0.2, 0) is 9.84 Å². The molecule has 17 heavy (non-hydrogen) atoms. The minimum absolute atomic E-state index is 0.108. The Morgan fingerprint density at radius 1 is 1.18 bits per heavy atom. The van der Waals surface area contributed by atoms with Crippen LogP contribution < -0.4 is 0 Å². The molecule has 94 valence electrons. The fourth-order valence-electron chi connectivity index (χ4n) is 1.28. The summed E-state index contributed by atoms with van der Waals surface area (Å²) in [6.07, 6.45) is 1.14. The molecule has 0 aliphatic heterocycles. The van der Waals surface area contributed by atoms with E-state index < -0.39 is 9.84 Å². The van der Waals surface area contributed by atoms with Crippen molar-refractivity contribution >= 4 is 15.7 Å². The van der Waals surface area contributed by atoms with Gasteiger partial charge >= 0.3 is 0 Å². The van der Waals surface area contributed by atoms with Gasteiger partial charge in [0.05, 0.1) is 4.90 Å². The predicted molar refractivity (Wildman–Crippen MR) is 66.8 cm³/mol. The van der Waals surface area contributed by atoms with Crippen molar-refractivity contribution in [3.8, 4) is 0 Å². The van der Waals surface area contributed by atoms with Gasteiger partial charge in [-0.15, -0.1) is 0 Å². The van der Waals surface area contributed by atoms with Gasteiger partial charge in [-0.2, -0.15) is 0 Å². The van der Waals surface area contributed by atoms with E-state index in [-0.39, 0.29) is 16.8 Å². The minimum Gasteiger partial charge on any atom is -0.339 e. The molecule has 0 aliphatic carbocycles. The summed E-state index contributed by atoms with van der Waals surface area (Å²) in [7, 11) is -1.49. The first-order chi connectivity index (χ1) is 7.73. The molecule has 0 N–H and O–H groups in total. The summed E-state index contributed by atoms with van der Waals surface area (Å²) in [5.74, 6) is -0.111. The lowest BCUT2D eigenvalue weighted by Crippen LogP contribution is -2.32. The number of benzene rings is 1. The molecule has 5 heteroatoms. The molecule has 1 aromatic rings. The first-order valence-electron chi connectivity index (χ1n) is 5.30. The van der Waals surface area contributed by atoms with Gasteiger partial charge in [-0.1, -0.05) is 0 Å². The predicted octanol–water partition coefficient (Wildman–Crippen LogP) is 1.57. The number of sulfone groups is 1. The second-order valence-electron chi connectivity index (χ2n) is 4.31. The van der Waals surface area contributed by atoms with E-state index in [4.69, 9.17) is 0 Å². The maximum absolute atomic E-state index is 11.9. The minimum atomic E-state index is -3.21. The van der Waals surface area contributed by atoms with Crippen LogP contribution in [0.1, 0.15) is 24.2 Å². The molecule has 0 radical (unpaired) electrons. The average molecular weight is 255 g/mol. The van der Waals surface area contributed by atoms with E-state index in [9.17, 15) is 13.2 Å². The number of carbonyl (C=O) groups is 1. The van der Waals surface area contributed by atoms with E-state index in [1.54, 1.807) is 11.9 Å². The van der Waals surface area contributed by atoms with Crippen molar-refractivity contribution < 1.29 is 13.2 Å². The van der Waals surface area contributed by atoms with E-state index in [1.807, 2.05) is 13.8 Å². The van der Waals surface area contributed by atoms with Gasteiger partial charge in [0.15, 0.2) is 9.84 Å². The number of carbonyl (C=O) groups excluding carboxylic acids is 1. The molecule has 0 spiro atoms. The van der Waals surface area contributed by atoms with Crippen LogP contribution in [-0.4, -0.2) is 38.6 Å². The van der Waals surface area contributed by atoms with Crippen LogP contribution in [0.4, 0.5) is 0 Å². The van der Waals surface area contributed by atoms with Gasteiger partial charge in [0.1, 0.15) is 0 Å². The van der Waals surface area contributed by atoms with E-state index >= 15 is 0 Å². The van der Waals surface area contributed by atoms with Crippen LogP contribution in [0.25, 0.3) is 0 Å². The van der Waals surface area contributed by atoms with Crippen molar-refractivity contribution in [1.82, 2.24) is 4.90 Å². The molecule has 0 aromatic heterocycles. The summed E-state index contributed by atoms with van der Waals surface area (Å²) < 4.78 is 22.5. The molecule has 0 bridgehead atoms. The fraction of sp³-hybridized carbons (Fsp3) is 0.417. The van der Waals surface area contributed by atoms with Crippen LogP contribution >= 0.6 is 0 Å². The molecule has 1 aromatic carbocycles. The molecule has 0 saturated heterocycles. The Kier molecular flexibility index (Phi) is 3.93. The van der Waals surface area contributed by atoms with Crippen LogP contribution in [0.2, 0.25) is 0 Å². The van der Waals surface area contributed by atoms with Gasteiger partial charge in [-0.05, 0) is 38.1 Å². The lowest BCUT2D eigenvalue weighted by molar-refractivity contribution is 0.0755. The molecular weight excluding hydrogens is 238 g/mol. The molecule has 0 unspecified atom stereocenters. The summed E-state index contributed by atoms with van der Waals surface area (Å²) in [6, 6.07) is 6.10. The van der Waals surface area contributed by atoms with Crippen molar-refractivity contribution in [2.45, 2.75) is 24.8 Å². The SMILES string of the molecule is CC(C)N(C)C(=O)c1ccc(S(C)(=O)=O)cc1. The normalized spacial score (nSPS) is 11.6. The Labute approximate surface area is 102 Å². The number of nitrogens with zero attached hydrogens (tertiary/aromatic N) is 1. The first-order valence-corrected chi connectivity index (χ1v) is 7.20. The van der Waals surface area contributed by atoms with E-state index in [0.717, 1.165) is 6.26 Å². The molecule has 0 aliphatic rings. The molecule has 0 atom stereocenters. The molecule has 0 saturated carbocycles.